The molecule has 0 spiro atoms. The van der Waals surface area contributed by atoms with Gasteiger partial charge in [0.15, 0.2) is 6.79 Å². The Morgan fingerprint density at radius 1 is 1.30 bits per heavy atom. The first-order valence-electron chi connectivity index (χ1n) is 6.53. The lowest BCUT2D eigenvalue weighted by Crippen LogP contribution is -2.26. The number of hydrogen-bond acceptors (Lipinski definition) is 3. The molecule has 1 heterocycles. The van der Waals surface area contributed by atoms with E-state index in [9.17, 15) is 13.6 Å². The third-order valence-electron chi connectivity index (χ3n) is 3.01. The Balaban J connectivity index is 2.49. The largest absolute Gasteiger partial charge is 0.468 e. The zero-order valence-electron chi connectivity index (χ0n) is 12.1. The number of alkyl halides is 2. The fraction of sp³-hybridized carbons (Fsp3) is 0.267. The van der Waals surface area contributed by atoms with Crippen LogP contribution in [0.25, 0.3) is 11.3 Å². The summed E-state index contributed by atoms with van der Waals surface area (Å²) in [4.78, 5) is 12.2. The minimum atomic E-state index is -2.65. The Labute approximate surface area is 150 Å². The van der Waals surface area contributed by atoms with Crippen molar-refractivity contribution in [2.24, 2.45) is 0 Å². The molecule has 2 aromatic rings. The van der Waals surface area contributed by atoms with Gasteiger partial charge in [0.25, 0.3) is 12.0 Å². The predicted molar refractivity (Wildman–Crippen MR) is 92.4 cm³/mol. The van der Waals surface area contributed by atoms with Crippen LogP contribution in [0.2, 0.25) is 5.02 Å². The Morgan fingerprint density at radius 3 is 2.65 bits per heavy atom. The monoisotopic (exact) mass is 455 g/mol. The van der Waals surface area contributed by atoms with Crippen LogP contribution in [0.5, 0.6) is 5.75 Å². The third-order valence-corrected chi connectivity index (χ3v) is 4.14. The minimum absolute atomic E-state index is 0.0648. The smallest absolute Gasteiger partial charge is 0.264 e. The summed E-state index contributed by atoms with van der Waals surface area (Å²) in [5.41, 5.74) is 0.337. The van der Waals surface area contributed by atoms with E-state index in [0.717, 1.165) is 4.57 Å². The van der Waals surface area contributed by atoms with Crippen molar-refractivity contribution in [2.45, 2.75) is 13.0 Å². The average Bonchev–Trinajstić information content (AvgIpc) is 2.50. The van der Waals surface area contributed by atoms with E-state index in [1.165, 1.54) is 7.11 Å². The molecule has 124 valence electrons. The Kier molecular flexibility index (Phi) is 6.37. The molecule has 0 N–H and O–H groups in total. The number of aromatic nitrogens is 1. The van der Waals surface area contributed by atoms with Crippen LogP contribution in [0.4, 0.5) is 8.78 Å². The van der Waals surface area contributed by atoms with E-state index in [2.05, 4.69) is 0 Å². The molecular weight excluding hydrogens is 443 g/mol. The van der Waals surface area contributed by atoms with Crippen molar-refractivity contribution in [3.05, 3.63) is 49.3 Å². The van der Waals surface area contributed by atoms with Gasteiger partial charge in [0, 0.05) is 12.7 Å². The molecule has 1 aromatic carbocycles. The maximum Gasteiger partial charge on any atom is 0.264 e. The SMILES string of the molecule is COCOc1ccc(-c2ccc(I)c(=O)n2CC(F)F)c(Cl)c1. The third kappa shape index (κ3) is 4.42. The highest BCUT2D eigenvalue weighted by atomic mass is 127. The van der Waals surface area contributed by atoms with Gasteiger partial charge in [-0.2, -0.15) is 0 Å². The molecular formula is C15H13ClF2INO3. The van der Waals surface area contributed by atoms with E-state index in [0.29, 0.717) is 25.6 Å². The van der Waals surface area contributed by atoms with E-state index in [1.807, 2.05) is 22.6 Å². The molecule has 0 aliphatic heterocycles. The molecule has 1 aromatic heterocycles. The highest BCUT2D eigenvalue weighted by Gasteiger charge is 2.16. The molecule has 0 fully saturated rings. The second-order valence-electron chi connectivity index (χ2n) is 4.57. The summed E-state index contributed by atoms with van der Waals surface area (Å²) in [6.45, 7) is -0.626. The van der Waals surface area contributed by atoms with E-state index in [4.69, 9.17) is 21.1 Å². The van der Waals surface area contributed by atoms with Crippen LogP contribution in [0, 0.1) is 3.57 Å². The van der Waals surface area contributed by atoms with E-state index in [1.54, 1.807) is 30.3 Å². The van der Waals surface area contributed by atoms with Gasteiger partial charge in [-0.15, -0.1) is 0 Å². The lowest BCUT2D eigenvalue weighted by Gasteiger charge is -2.15. The minimum Gasteiger partial charge on any atom is -0.468 e. The summed E-state index contributed by atoms with van der Waals surface area (Å²) in [5, 5.41) is 0.294. The van der Waals surface area contributed by atoms with Gasteiger partial charge < -0.3 is 14.0 Å². The standard InChI is InChI=1S/C15H13ClF2INO3/c1-22-8-23-9-2-3-10(11(16)6-9)13-5-4-12(19)15(21)20(13)7-14(17)18/h2-6,14H,7-8H2,1H3. The highest BCUT2D eigenvalue weighted by molar-refractivity contribution is 14.1. The quantitative estimate of drug-likeness (QED) is 0.488. The van der Waals surface area contributed by atoms with Crippen LogP contribution < -0.4 is 10.3 Å². The number of nitrogens with zero attached hydrogens (tertiary/aromatic N) is 1. The van der Waals surface area contributed by atoms with Crippen molar-refractivity contribution in [1.82, 2.24) is 4.57 Å². The van der Waals surface area contributed by atoms with Crippen molar-refractivity contribution in [2.75, 3.05) is 13.9 Å². The lowest BCUT2D eigenvalue weighted by atomic mass is 10.1. The molecule has 23 heavy (non-hydrogen) atoms. The molecule has 8 heteroatoms. The summed E-state index contributed by atoms with van der Waals surface area (Å²) in [7, 11) is 1.49. The van der Waals surface area contributed by atoms with Gasteiger partial charge in [-0.05, 0) is 52.9 Å². The van der Waals surface area contributed by atoms with Crippen LogP contribution in [0.15, 0.2) is 35.1 Å². The van der Waals surface area contributed by atoms with Gasteiger partial charge in [-0.25, -0.2) is 8.78 Å². The van der Waals surface area contributed by atoms with Crippen molar-refractivity contribution < 1.29 is 18.3 Å². The summed E-state index contributed by atoms with van der Waals surface area (Å²) >= 11 is 8.03. The van der Waals surface area contributed by atoms with Crippen molar-refractivity contribution >= 4 is 34.2 Å². The number of hydrogen-bond donors (Lipinski definition) is 0. The number of ether oxygens (including phenoxy) is 2. The first kappa shape index (κ1) is 18.2. The van der Waals surface area contributed by atoms with Crippen LogP contribution in [-0.4, -0.2) is 24.9 Å². The summed E-state index contributed by atoms with van der Waals surface area (Å²) in [6, 6.07) is 7.98. The molecule has 0 aliphatic rings. The summed E-state index contributed by atoms with van der Waals surface area (Å²) < 4.78 is 37.1. The number of methoxy groups -OCH3 is 1. The van der Waals surface area contributed by atoms with Crippen LogP contribution in [-0.2, 0) is 11.3 Å². The molecule has 0 bridgehead atoms. The number of rotatable bonds is 6. The van der Waals surface area contributed by atoms with Crippen molar-refractivity contribution in [3.8, 4) is 17.0 Å². The average molecular weight is 456 g/mol. The molecule has 0 unspecified atom stereocenters. The van der Waals surface area contributed by atoms with E-state index >= 15 is 0 Å². The Bertz CT molecular complexity index is 752. The normalized spacial score (nSPS) is 11.0. The van der Waals surface area contributed by atoms with E-state index in [-0.39, 0.29) is 6.79 Å². The molecule has 0 saturated carbocycles. The molecule has 0 radical (unpaired) electrons. The summed E-state index contributed by atoms with van der Waals surface area (Å²) in [6.07, 6.45) is -2.65. The molecule has 2 rings (SSSR count). The first-order valence-corrected chi connectivity index (χ1v) is 7.99. The fourth-order valence-electron chi connectivity index (χ4n) is 2.03. The second-order valence-corrected chi connectivity index (χ2v) is 6.14. The molecule has 0 amide bonds. The second kappa shape index (κ2) is 8.07. The maximum atomic E-state index is 12.8. The van der Waals surface area contributed by atoms with Gasteiger partial charge in [0.05, 0.1) is 20.8 Å². The Hall–Kier alpha value is -1.19. The molecule has 4 nitrogen and oxygen atoms in total. The van der Waals surface area contributed by atoms with Crippen molar-refractivity contribution in [3.63, 3.8) is 0 Å². The summed E-state index contributed by atoms with van der Waals surface area (Å²) in [5.74, 6) is 0.480. The maximum absolute atomic E-state index is 12.8. The van der Waals surface area contributed by atoms with Crippen molar-refractivity contribution in [1.29, 1.82) is 0 Å². The molecule has 0 atom stereocenters. The van der Waals surface area contributed by atoms with Gasteiger partial charge in [0.2, 0.25) is 0 Å². The van der Waals surface area contributed by atoms with Gasteiger partial charge in [-0.1, -0.05) is 11.6 Å². The number of benzene rings is 1. The Morgan fingerprint density at radius 2 is 2.04 bits per heavy atom. The zero-order valence-corrected chi connectivity index (χ0v) is 15.0. The first-order chi connectivity index (χ1) is 10.9. The number of pyridine rings is 1. The zero-order chi connectivity index (χ0) is 17.0. The predicted octanol–water partition coefficient (Wildman–Crippen LogP) is 4.02. The van der Waals surface area contributed by atoms with Crippen LogP contribution in [0.1, 0.15) is 0 Å². The van der Waals surface area contributed by atoms with Gasteiger partial charge in [0.1, 0.15) is 5.75 Å². The lowest BCUT2D eigenvalue weighted by molar-refractivity contribution is 0.0511. The van der Waals surface area contributed by atoms with Gasteiger partial charge >= 0.3 is 0 Å². The number of halogens is 4. The van der Waals surface area contributed by atoms with Gasteiger partial charge in [-0.3, -0.25) is 4.79 Å². The van der Waals surface area contributed by atoms with E-state index < -0.39 is 18.5 Å². The fourth-order valence-corrected chi connectivity index (χ4v) is 2.76. The topological polar surface area (TPSA) is 40.5 Å². The molecule has 0 saturated heterocycles. The van der Waals surface area contributed by atoms with Crippen LogP contribution >= 0.6 is 34.2 Å². The molecule has 0 aliphatic carbocycles. The van der Waals surface area contributed by atoms with Crippen LogP contribution in [0.3, 0.4) is 0 Å². The highest BCUT2D eigenvalue weighted by Crippen LogP contribution is 2.31.